The lowest BCUT2D eigenvalue weighted by atomic mass is 10.0. The van der Waals surface area contributed by atoms with Gasteiger partial charge in [0.2, 0.25) is 10.0 Å². The molecule has 1 heterocycles. The van der Waals surface area contributed by atoms with Gasteiger partial charge in [-0.2, -0.15) is 4.31 Å². The van der Waals surface area contributed by atoms with Crippen molar-refractivity contribution in [3.63, 3.8) is 0 Å². The van der Waals surface area contributed by atoms with Crippen molar-refractivity contribution < 1.29 is 22.4 Å². The number of nitrogens with zero attached hydrogens (tertiary/aromatic N) is 1. The van der Waals surface area contributed by atoms with E-state index in [4.69, 9.17) is 0 Å². The quantitative estimate of drug-likeness (QED) is 0.685. The second-order valence-electron chi connectivity index (χ2n) is 7.08. The third kappa shape index (κ3) is 5.43. The Hall–Kier alpha value is -2.78. The van der Waals surface area contributed by atoms with Crippen LogP contribution in [0.2, 0.25) is 0 Å². The standard InChI is InChI=1S/C21H24FN3O4S/c22-16-9-11-17(12-10-16)24-21(27)20(26)23-14-13-18-6-4-5-15-25(18)30(28,29)19-7-2-1-3-8-19/h1-3,7-12,18H,4-6,13-15H2,(H,23,26)(H,24,27)/t18-/m1/s1. The van der Waals surface area contributed by atoms with E-state index in [1.165, 1.54) is 28.6 Å². The number of nitrogens with one attached hydrogen (secondary N) is 2. The summed E-state index contributed by atoms with van der Waals surface area (Å²) in [6, 6.07) is 13.1. The van der Waals surface area contributed by atoms with Crippen LogP contribution >= 0.6 is 0 Å². The molecular formula is C21H24FN3O4S. The Bertz CT molecular complexity index is 981. The second kappa shape index (κ2) is 9.82. The highest BCUT2D eigenvalue weighted by Crippen LogP contribution is 2.26. The van der Waals surface area contributed by atoms with E-state index >= 15 is 0 Å². The Morgan fingerprint density at radius 2 is 1.70 bits per heavy atom. The van der Waals surface area contributed by atoms with Gasteiger partial charge in [0, 0.05) is 24.8 Å². The molecule has 1 fully saturated rings. The van der Waals surface area contributed by atoms with E-state index in [0.717, 1.165) is 12.8 Å². The van der Waals surface area contributed by atoms with Crippen LogP contribution in [0.3, 0.4) is 0 Å². The highest BCUT2D eigenvalue weighted by Gasteiger charge is 2.33. The van der Waals surface area contributed by atoms with Gasteiger partial charge < -0.3 is 10.6 Å². The van der Waals surface area contributed by atoms with Crippen molar-refractivity contribution in [2.24, 2.45) is 0 Å². The summed E-state index contributed by atoms with van der Waals surface area (Å²) < 4.78 is 40.4. The minimum atomic E-state index is -3.61. The minimum Gasteiger partial charge on any atom is -0.348 e. The lowest BCUT2D eigenvalue weighted by Gasteiger charge is -2.34. The SMILES string of the molecule is O=C(NCC[C@H]1CCCCN1S(=O)(=O)c1ccccc1)C(=O)Nc1ccc(F)cc1. The molecule has 2 amide bonds. The first-order valence-corrected chi connectivity index (χ1v) is 11.2. The predicted octanol–water partition coefficient (Wildman–Crippen LogP) is 2.51. The summed E-state index contributed by atoms with van der Waals surface area (Å²) >= 11 is 0. The van der Waals surface area contributed by atoms with Crippen molar-refractivity contribution >= 4 is 27.5 Å². The van der Waals surface area contributed by atoms with Gasteiger partial charge in [0.25, 0.3) is 0 Å². The molecule has 9 heteroatoms. The molecule has 2 aromatic rings. The van der Waals surface area contributed by atoms with Crippen LogP contribution in [0.4, 0.5) is 10.1 Å². The van der Waals surface area contributed by atoms with Crippen molar-refractivity contribution in [1.82, 2.24) is 9.62 Å². The molecule has 0 aliphatic carbocycles. The Morgan fingerprint density at radius 3 is 2.40 bits per heavy atom. The number of piperidine rings is 1. The number of benzene rings is 2. The number of sulfonamides is 1. The van der Waals surface area contributed by atoms with E-state index < -0.39 is 27.7 Å². The molecule has 0 saturated carbocycles. The minimum absolute atomic E-state index is 0.168. The number of carbonyl (C=O) groups excluding carboxylic acids is 2. The molecule has 0 spiro atoms. The van der Waals surface area contributed by atoms with Gasteiger partial charge in [-0.25, -0.2) is 12.8 Å². The lowest BCUT2D eigenvalue weighted by Crippen LogP contribution is -2.45. The Balaban J connectivity index is 1.55. The molecule has 1 aliphatic heterocycles. The zero-order valence-electron chi connectivity index (χ0n) is 16.4. The van der Waals surface area contributed by atoms with Crippen molar-refractivity contribution in [2.75, 3.05) is 18.4 Å². The van der Waals surface area contributed by atoms with Crippen LogP contribution in [0.1, 0.15) is 25.7 Å². The van der Waals surface area contributed by atoms with Gasteiger partial charge >= 0.3 is 11.8 Å². The van der Waals surface area contributed by atoms with Crippen molar-refractivity contribution in [1.29, 1.82) is 0 Å². The number of halogens is 1. The van der Waals surface area contributed by atoms with Crippen molar-refractivity contribution in [2.45, 2.75) is 36.6 Å². The van der Waals surface area contributed by atoms with Crippen molar-refractivity contribution in [3.05, 3.63) is 60.4 Å². The lowest BCUT2D eigenvalue weighted by molar-refractivity contribution is -0.136. The van der Waals surface area contributed by atoms with Crippen LogP contribution in [-0.2, 0) is 19.6 Å². The summed E-state index contributed by atoms with van der Waals surface area (Å²) in [5.74, 6) is -2.13. The average molecular weight is 434 g/mol. The zero-order valence-corrected chi connectivity index (χ0v) is 17.2. The third-order valence-electron chi connectivity index (χ3n) is 4.99. The first kappa shape index (κ1) is 21.9. The fraction of sp³-hybridized carbons (Fsp3) is 0.333. The molecule has 1 atom stereocenters. The van der Waals surface area contributed by atoms with Gasteiger partial charge in [0.05, 0.1) is 4.90 Å². The Labute approximate surface area is 175 Å². The Kier molecular flexibility index (Phi) is 7.17. The fourth-order valence-corrected chi connectivity index (χ4v) is 5.21. The largest absolute Gasteiger partial charge is 0.348 e. The first-order chi connectivity index (χ1) is 14.4. The molecule has 0 aromatic heterocycles. The summed E-state index contributed by atoms with van der Waals surface area (Å²) in [5, 5.41) is 4.91. The van der Waals surface area contributed by atoms with Crippen molar-refractivity contribution in [3.8, 4) is 0 Å². The molecule has 0 radical (unpaired) electrons. The van der Waals surface area contributed by atoms with Gasteiger partial charge in [-0.05, 0) is 55.7 Å². The van der Waals surface area contributed by atoms with Gasteiger partial charge in [-0.15, -0.1) is 0 Å². The fourth-order valence-electron chi connectivity index (χ4n) is 3.46. The molecule has 3 rings (SSSR count). The summed E-state index contributed by atoms with van der Waals surface area (Å²) in [5.41, 5.74) is 0.309. The highest BCUT2D eigenvalue weighted by atomic mass is 32.2. The van der Waals surface area contributed by atoms with Crippen LogP contribution in [0.5, 0.6) is 0 Å². The summed E-state index contributed by atoms with van der Waals surface area (Å²) in [7, 11) is -3.61. The van der Waals surface area contributed by atoms with E-state index in [1.807, 2.05) is 0 Å². The molecular weight excluding hydrogens is 409 g/mol. The summed E-state index contributed by atoms with van der Waals surface area (Å²) in [6.07, 6.45) is 2.80. The number of amides is 2. The summed E-state index contributed by atoms with van der Waals surface area (Å²) in [4.78, 5) is 24.2. The number of hydrogen-bond acceptors (Lipinski definition) is 4. The van der Waals surface area contributed by atoms with E-state index in [9.17, 15) is 22.4 Å². The number of anilines is 1. The van der Waals surface area contributed by atoms with E-state index in [2.05, 4.69) is 10.6 Å². The number of rotatable bonds is 6. The van der Waals surface area contributed by atoms with Crippen LogP contribution < -0.4 is 10.6 Å². The van der Waals surface area contributed by atoms with Crippen LogP contribution in [0.15, 0.2) is 59.5 Å². The number of hydrogen-bond donors (Lipinski definition) is 2. The summed E-state index contributed by atoms with van der Waals surface area (Å²) in [6.45, 7) is 0.599. The molecule has 0 unspecified atom stereocenters. The maximum Gasteiger partial charge on any atom is 0.313 e. The van der Waals surface area contributed by atoms with Gasteiger partial charge in [0.15, 0.2) is 0 Å². The van der Waals surface area contributed by atoms with Gasteiger partial charge in [-0.3, -0.25) is 9.59 Å². The van der Waals surface area contributed by atoms with E-state index in [1.54, 1.807) is 30.3 Å². The topological polar surface area (TPSA) is 95.6 Å². The Morgan fingerprint density at radius 1 is 1.00 bits per heavy atom. The molecule has 1 aliphatic rings. The number of carbonyl (C=O) groups is 2. The molecule has 160 valence electrons. The predicted molar refractivity (Wildman–Crippen MR) is 111 cm³/mol. The normalized spacial score (nSPS) is 17.3. The molecule has 2 N–H and O–H groups in total. The average Bonchev–Trinajstić information content (AvgIpc) is 2.76. The maximum absolute atomic E-state index is 13.0. The monoisotopic (exact) mass is 433 g/mol. The smallest absolute Gasteiger partial charge is 0.313 e. The molecule has 2 aromatic carbocycles. The third-order valence-corrected chi connectivity index (χ3v) is 6.96. The van der Waals surface area contributed by atoms with E-state index in [0.29, 0.717) is 25.1 Å². The van der Waals surface area contributed by atoms with Gasteiger partial charge in [-0.1, -0.05) is 24.6 Å². The van der Waals surface area contributed by atoms with Gasteiger partial charge in [0.1, 0.15) is 5.82 Å². The zero-order chi connectivity index (χ0) is 21.6. The molecule has 0 bridgehead atoms. The molecule has 1 saturated heterocycles. The van der Waals surface area contributed by atoms with Crippen LogP contribution in [0.25, 0.3) is 0 Å². The molecule has 7 nitrogen and oxygen atoms in total. The highest BCUT2D eigenvalue weighted by molar-refractivity contribution is 7.89. The van der Waals surface area contributed by atoms with Crippen LogP contribution in [0, 0.1) is 5.82 Å². The van der Waals surface area contributed by atoms with E-state index in [-0.39, 0.29) is 17.5 Å². The maximum atomic E-state index is 13.0. The second-order valence-corrected chi connectivity index (χ2v) is 8.97. The van der Waals surface area contributed by atoms with Crippen LogP contribution in [-0.4, -0.2) is 43.7 Å². The first-order valence-electron chi connectivity index (χ1n) is 9.79. The molecule has 30 heavy (non-hydrogen) atoms.